The van der Waals surface area contributed by atoms with E-state index in [-0.39, 0.29) is 11.8 Å². The second kappa shape index (κ2) is 7.16. The van der Waals surface area contributed by atoms with Crippen molar-refractivity contribution in [3.05, 3.63) is 57.3 Å². The van der Waals surface area contributed by atoms with Crippen molar-refractivity contribution in [1.29, 1.82) is 0 Å². The van der Waals surface area contributed by atoms with E-state index in [0.29, 0.717) is 12.5 Å². The molecule has 1 heterocycles. The van der Waals surface area contributed by atoms with Gasteiger partial charge in [-0.2, -0.15) is 0 Å². The number of aromatic nitrogens is 1. The van der Waals surface area contributed by atoms with Gasteiger partial charge in [0.1, 0.15) is 5.75 Å². The zero-order chi connectivity index (χ0) is 18.1. The smallest absolute Gasteiger partial charge is 0.226 e. The fourth-order valence-electron chi connectivity index (χ4n) is 3.39. The lowest BCUT2D eigenvalue weighted by Gasteiger charge is -2.19. The van der Waals surface area contributed by atoms with Gasteiger partial charge >= 0.3 is 0 Å². The fourth-order valence-corrected chi connectivity index (χ4v) is 3.81. The van der Waals surface area contributed by atoms with Crippen LogP contribution in [0.5, 0.6) is 5.75 Å². The molecule has 1 fully saturated rings. The van der Waals surface area contributed by atoms with Crippen LogP contribution in [0, 0.1) is 19.8 Å². The average Bonchev–Trinajstić information content (AvgIpc) is 3.38. The van der Waals surface area contributed by atoms with E-state index in [1.54, 1.807) is 18.2 Å². The van der Waals surface area contributed by atoms with Gasteiger partial charge in [-0.1, -0.05) is 28.1 Å². The first-order valence-corrected chi connectivity index (χ1v) is 9.21. The molecule has 0 spiro atoms. The first-order valence-electron chi connectivity index (χ1n) is 8.42. The van der Waals surface area contributed by atoms with Gasteiger partial charge in [-0.3, -0.25) is 9.78 Å². The Labute approximate surface area is 157 Å². The summed E-state index contributed by atoms with van der Waals surface area (Å²) in [7, 11) is 3.52. The summed E-state index contributed by atoms with van der Waals surface area (Å²) in [5.74, 6) is 1.44. The summed E-state index contributed by atoms with van der Waals surface area (Å²) < 4.78 is 6.51. The van der Waals surface area contributed by atoms with E-state index in [1.165, 1.54) is 5.56 Å². The maximum atomic E-state index is 12.8. The van der Waals surface area contributed by atoms with Crippen molar-refractivity contribution in [3.63, 3.8) is 0 Å². The van der Waals surface area contributed by atoms with E-state index in [4.69, 9.17) is 4.74 Å². The third-order valence-corrected chi connectivity index (χ3v) is 5.39. The molecule has 2 atom stereocenters. The molecule has 1 aliphatic carbocycles. The van der Waals surface area contributed by atoms with Gasteiger partial charge in [0.2, 0.25) is 5.91 Å². The quantitative estimate of drug-likeness (QED) is 0.751. The molecule has 0 bridgehead atoms. The van der Waals surface area contributed by atoms with E-state index in [9.17, 15) is 4.79 Å². The van der Waals surface area contributed by atoms with Gasteiger partial charge in [-0.25, -0.2) is 0 Å². The average molecular weight is 403 g/mol. The topological polar surface area (TPSA) is 42.4 Å². The molecule has 0 aliphatic heterocycles. The minimum absolute atomic E-state index is 0.0759. The number of carbonyl (C=O) groups excluding carboxylic acids is 1. The highest BCUT2D eigenvalue weighted by molar-refractivity contribution is 9.10. The first kappa shape index (κ1) is 17.9. The molecule has 5 heteroatoms. The van der Waals surface area contributed by atoms with Gasteiger partial charge in [0.15, 0.2) is 0 Å². The lowest BCUT2D eigenvalue weighted by Crippen LogP contribution is -2.28. The van der Waals surface area contributed by atoms with Crippen LogP contribution in [0.4, 0.5) is 0 Å². The number of amides is 1. The molecule has 0 unspecified atom stereocenters. The van der Waals surface area contributed by atoms with Crippen molar-refractivity contribution in [2.75, 3.05) is 14.2 Å². The van der Waals surface area contributed by atoms with Gasteiger partial charge in [-0.05, 0) is 43.9 Å². The molecule has 0 radical (unpaired) electrons. The van der Waals surface area contributed by atoms with Crippen molar-refractivity contribution in [2.45, 2.75) is 32.7 Å². The zero-order valence-electron chi connectivity index (χ0n) is 15.0. The number of ether oxygens (including phenoxy) is 1. The second-order valence-electron chi connectivity index (χ2n) is 6.74. The Morgan fingerprint density at radius 3 is 2.84 bits per heavy atom. The van der Waals surface area contributed by atoms with Gasteiger partial charge < -0.3 is 9.64 Å². The Kier molecular flexibility index (Phi) is 5.13. The molecule has 1 aromatic heterocycles. The number of pyridine rings is 1. The highest BCUT2D eigenvalue weighted by Gasteiger charge is 2.45. The predicted octanol–water partition coefficient (Wildman–Crippen LogP) is 4.23. The number of aryl methyl sites for hydroxylation is 1. The van der Waals surface area contributed by atoms with Gasteiger partial charge in [0.25, 0.3) is 0 Å². The number of nitrogens with zero attached hydrogens (tertiary/aromatic N) is 2. The Balaban J connectivity index is 1.68. The summed E-state index contributed by atoms with van der Waals surface area (Å²) >= 11 is 3.50. The largest absolute Gasteiger partial charge is 0.496 e. The van der Waals surface area contributed by atoms with Crippen molar-refractivity contribution in [1.82, 2.24) is 9.88 Å². The Morgan fingerprint density at radius 1 is 1.40 bits per heavy atom. The third-order valence-electron chi connectivity index (χ3n) is 4.90. The molecule has 2 aromatic rings. The molecule has 132 valence electrons. The van der Waals surface area contributed by atoms with Crippen molar-refractivity contribution < 1.29 is 9.53 Å². The Hall–Kier alpha value is -1.88. The summed E-state index contributed by atoms with van der Waals surface area (Å²) in [4.78, 5) is 19.0. The third kappa shape index (κ3) is 3.71. The van der Waals surface area contributed by atoms with E-state index in [2.05, 4.69) is 33.0 Å². The van der Waals surface area contributed by atoms with Crippen LogP contribution in [0.25, 0.3) is 0 Å². The molecule has 1 aliphatic rings. The normalized spacial score (nSPS) is 18.8. The number of methoxy groups -OCH3 is 1. The number of halogens is 1. The maximum Gasteiger partial charge on any atom is 0.226 e. The van der Waals surface area contributed by atoms with Gasteiger partial charge in [0.05, 0.1) is 19.3 Å². The molecule has 0 saturated heterocycles. The molecule has 1 saturated carbocycles. The number of benzene rings is 1. The lowest BCUT2D eigenvalue weighted by molar-refractivity contribution is -0.131. The SMILES string of the molecule is COc1c(C)cnc(CN(C)C(=O)[C@@H]2C[C@H]2c2cccc(Br)c2)c1C. The number of hydrogen-bond donors (Lipinski definition) is 0. The van der Waals surface area contributed by atoms with E-state index < -0.39 is 0 Å². The Morgan fingerprint density at radius 2 is 2.16 bits per heavy atom. The standard InChI is InChI=1S/C20H23BrN2O2/c1-12-10-22-18(13(2)19(12)25-4)11-23(3)20(24)17-9-16(17)14-6-5-7-15(21)8-14/h5-8,10,16-17H,9,11H2,1-4H3/t16-,17+/m0/s1. The fraction of sp³-hybridized carbons (Fsp3) is 0.400. The molecular weight excluding hydrogens is 380 g/mol. The lowest BCUT2D eigenvalue weighted by atomic mass is 10.1. The van der Waals surface area contributed by atoms with E-state index >= 15 is 0 Å². The molecule has 1 amide bonds. The summed E-state index contributed by atoms with van der Waals surface area (Å²) in [5.41, 5.74) is 4.13. The van der Waals surface area contributed by atoms with Crippen LogP contribution in [-0.4, -0.2) is 29.9 Å². The monoisotopic (exact) mass is 402 g/mol. The highest BCUT2D eigenvalue weighted by atomic mass is 79.9. The van der Waals surface area contributed by atoms with Crippen LogP contribution < -0.4 is 4.74 Å². The van der Waals surface area contributed by atoms with Crippen LogP contribution in [0.15, 0.2) is 34.9 Å². The first-order chi connectivity index (χ1) is 11.9. The zero-order valence-corrected chi connectivity index (χ0v) is 16.6. The number of hydrogen-bond acceptors (Lipinski definition) is 3. The molecule has 1 aromatic carbocycles. The van der Waals surface area contributed by atoms with Crippen LogP contribution in [0.1, 0.15) is 34.7 Å². The summed E-state index contributed by atoms with van der Waals surface area (Å²) in [6.45, 7) is 4.47. The van der Waals surface area contributed by atoms with Crippen molar-refractivity contribution in [2.24, 2.45) is 5.92 Å². The predicted molar refractivity (Wildman–Crippen MR) is 102 cm³/mol. The minimum atomic E-state index is 0.0759. The second-order valence-corrected chi connectivity index (χ2v) is 7.66. The maximum absolute atomic E-state index is 12.8. The van der Waals surface area contributed by atoms with Crippen molar-refractivity contribution in [3.8, 4) is 5.75 Å². The summed E-state index contributed by atoms with van der Waals surface area (Å²) in [6, 6.07) is 8.23. The molecule has 4 nitrogen and oxygen atoms in total. The van der Waals surface area contributed by atoms with Crippen LogP contribution in [0.2, 0.25) is 0 Å². The molecule has 3 rings (SSSR count). The number of carbonyl (C=O) groups is 1. The molecular formula is C20H23BrN2O2. The van der Waals surface area contributed by atoms with Crippen molar-refractivity contribution >= 4 is 21.8 Å². The highest BCUT2D eigenvalue weighted by Crippen LogP contribution is 2.48. The van der Waals surface area contributed by atoms with E-state index in [1.807, 2.05) is 33.0 Å². The summed E-state index contributed by atoms with van der Waals surface area (Å²) in [5, 5.41) is 0. The minimum Gasteiger partial charge on any atom is -0.496 e. The summed E-state index contributed by atoms with van der Waals surface area (Å²) in [6.07, 6.45) is 2.73. The Bertz CT molecular complexity index is 806. The van der Waals surface area contributed by atoms with Gasteiger partial charge in [-0.15, -0.1) is 0 Å². The van der Waals surface area contributed by atoms with Gasteiger partial charge in [0, 0.05) is 34.8 Å². The van der Waals surface area contributed by atoms with E-state index in [0.717, 1.165) is 33.5 Å². The molecule has 0 N–H and O–H groups in total. The van der Waals surface area contributed by atoms with Crippen LogP contribution in [-0.2, 0) is 11.3 Å². The number of rotatable bonds is 5. The van der Waals surface area contributed by atoms with Crippen LogP contribution in [0.3, 0.4) is 0 Å². The van der Waals surface area contributed by atoms with Crippen LogP contribution >= 0.6 is 15.9 Å². The molecule has 25 heavy (non-hydrogen) atoms.